The first-order chi connectivity index (χ1) is 34.2. The number of hydrogen-bond donors (Lipinski definition) is 0. The van der Waals surface area contributed by atoms with Crippen LogP contribution in [0.2, 0.25) is 0 Å². The molecule has 4 aromatic heterocycles. The Balaban J connectivity index is 1.07. The van der Waals surface area contributed by atoms with Gasteiger partial charge >= 0.3 is 0 Å². The van der Waals surface area contributed by atoms with Gasteiger partial charge in [-0.2, -0.15) is 0 Å². The fourth-order valence-corrected chi connectivity index (χ4v) is 10.3. The molecule has 69 heavy (non-hydrogen) atoms. The lowest BCUT2D eigenvalue weighted by atomic mass is 9.92. The predicted octanol–water partition coefficient (Wildman–Crippen LogP) is 16.8. The molecular formula is C63H38N4O2. The van der Waals surface area contributed by atoms with Crippen LogP contribution in [0, 0.1) is 0 Å². The maximum Gasteiger partial charge on any atom is 0.164 e. The summed E-state index contributed by atoms with van der Waals surface area (Å²) in [4.78, 5) is 16.2. The van der Waals surface area contributed by atoms with Gasteiger partial charge in [-0.3, -0.25) is 0 Å². The molecule has 6 nitrogen and oxygen atoms in total. The standard InChI is InChI=1S/C63H38N4O2/c1-4-17-39(18-5-1)42-31-33-54-51(35-42)45-23-10-13-27-53(45)67(54)60-49(40-19-6-2-7-20-40)37-44(38-50(60)41-21-8-3-9-22-41)62-64-61(43-32-34-57-52(36-43)46-24-11-14-28-55(46)68-57)65-63(66-62)48-26-16-30-58-59(48)47-25-12-15-29-56(47)69-58/h1-38H. The van der Waals surface area contributed by atoms with Crippen LogP contribution in [0.15, 0.2) is 239 Å². The lowest BCUT2D eigenvalue weighted by Gasteiger charge is -2.21. The molecule has 0 atom stereocenters. The Bertz CT molecular complexity index is 4240. The van der Waals surface area contributed by atoms with E-state index in [4.69, 9.17) is 23.8 Å². The number of aromatic nitrogens is 4. The second-order valence-electron chi connectivity index (χ2n) is 17.5. The van der Waals surface area contributed by atoms with E-state index in [1.165, 1.54) is 21.9 Å². The number of hydrogen-bond acceptors (Lipinski definition) is 5. The van der Waals surface area contributed by atoms with E-state index in [2.05, 4.69) is 174 Å². The van der Waals surface area contributed by atoms with Crippen molar-refractivity contribution in [2.75, 3.05) is 0 Å². The summed E-state index contributed by atoms with van der Waals surface area (Å²) in [7, 11) is 0. The van der Waals surface area contributed by atoms with Gasteiger partial charge in [-0.1, -0.05) is 164 Å². The smallest absolute Gasteiger partial charge is 0.164 e. The minimum absolute atomic E-state index is 0.549. The molecule has 0 spiro atoms. The van der Waals surface area contributed by atoms with Crippen LogP contribution < -0.4 is 0 Å². The first-order valence-electron chi connectivity index (χ1n) is 23.2. The fourth-order valence-electron chi connectivity index (χ4n) is 10.3. The van der Waals surface area contributed by atoms with Gasteiger partial charge in [-0.25, -0.2) is 15.0 Å². The summed E-state index contributed by atoms with van der Waals surface area (Å²) in [5, 5.41) is 6.36. The number of furan rings is 2. The van der Waals surface area contributed by atoms with Gasteiger partial charge in [0.25, 0.3) is 0 Å². The van der Waals surface area contributed by atoms with E-state index in [1.54, 1.807) is 0 Å². The van der Waals surface area contributed by atoms with E-state index >= 15 is 0 Å². The number of fused-ring (bicyclic) bond motifs is 9. The second-order valence-corrected chi connectivity index (χ2v) is 17.5. The average Bonchev–Trinajstić information content (AvgIpc) is 4.10. The predicted molar refractivity (Wildman–Crippen MR) is 281 cm³/mol. The monoisotopic (exact) mass is 882 g/mol. The van der Waals surface area contributed by atoms with Crippen molar-refractivity contribution in [2.45, 2.75) is 0 Å². The summed E-state index contributed by atoms with van der Waals surface area (Å²) in [6, 6.07) is 80.7. The highest BCUT2D eigenvalue weighted by Gasteiger charge is 2.24. The minimum atomic E-state index is 0.549. The van der Waals surface area contributed by atoms with Crippen molar-refractivity contribution in [2.24, 2.45) is 0 Å². The van der Waals surface area contributed by atoms with Crippen LogP contribution in [-0.4, -0.2) is 19.5 Å². The van der Waals surface area contributed by atoms with Gasteiger partial charge in [0.05, 0.1) is 16.7 Å². The third-order valence-electron chi connectivity index (χ3n) is 13.5. The summed E-state index contributed by atoms with van der Waals surface area (Å²) in [5.74, 6) is 1.65. The molecular weight excluding hydrogens is 845 g/mol. The van der Waals surface area contributed by atoms with Crippen molar-refractivity contribution >= 4 is 65.7 Å². The molecule has 6 heteroatoms. The highest BCUT2D eigenvalue weighted by molar-refractivity contribution is 6.13. The van der Waals surface area contributed by atoms with Crippen molar-refractivity contribution < 1.29 is 8.83 Å². The molecule has 0 aliphatic carbocycles. The fraction of sp³-hybridized carbons (Fsp3) is 0. The van der Waals surface area contributed by atoms with Gasteiger partial charge in [-0.05, 0) is 89.0 Å². The highest BCUT2D eigenvalue weighted by Crippen LogP contribution is 2.45. The summed E-state index contributed by atoms with van der Waals surface area (Å²) in [5.41, 5.74) is 15.7. The van der Waals surface area contributed by atoms with Gasteiger partial charge < -0.3 is 13.4 Å². The van der Waals surface area contributed by atoms with Gasteiger partial charge in [0.2, 0.25) is 0 Å². The van der Waals surface area contributed by atoms with E-state index in [-0.39, 0.29) is 0 Å². The average molecular weight is 883 g/mol. The van der Waals surface area contributed by atoms with E-state index in [9.17, 15) is 0 Å². The van der Waals surface area contributed by atoms with E-state index in [1.807, 2.05) is 60.7 Å². The van der Waals surface area contributed by atoms with Gasteiger partial charge in [0.15, 0.2) is 17.5 Å². The van der Waals surface area contributed by atoms with Crippen LogP contribution in [0.4, 0.5) is 0 Å². The first-order valence-corrected chi connectivity index (χ1v) is 23.2. The van der Waals surface area contributed by atoms with Crippen LogP contribution in [0.5, 0.6) is 0 Å². The number of rotatable bonds is 7. The van der Waals surface area contributed by atoms with Crippen molar-refractivity contribution in [3.63, 3.8) is 0 Å². The molecule has 0 saturated carbocycles. The van der Waals surface area contributed by atoms with Crippen LogP contribution in [0.1, 0.15) is 0 Å². The third kappa shape index (κ3) is 6.38. The topological polar surface area (TPSA) is 69.9 Å². The molecule has 10 aromatic carbocycles. The Labute approximate surface area is 396 Å². The van der Waals surface area contributed by atoms with E-state index in [0.29, 0.717) is 17.5 Å². The molecule has 0 saturated heterocycles. The number of nitrogens with zero attached hydrogens (tertiary/aromatic N) is 4. The molecule has 0 N–H and O–H groups in total. The molecule has 4 heterocycles. The summed E-state index contributed by atoms with van der Waals surface area (Å²) < 4.78 is 15.1. The zero-order chi connectivity index (χ0) is 45.4. The molecule has 322 valence electrons. The van der Waals surface area contributed by atoms with Crippen molar-refractivity contribution in [1.29, 1.82) is 0 Å². The Morgan fingerprint density at radius 1 is 0.275 bits per heavy atom. The van der Waals surface area contributed by atoms with Crippen molar-refractivity contribution in [3.05, 3.63) is 231 Å². The van der Waals surface area contributed by atoms with E-state index in [0.717, 1.165) is 99.5 Å². The Morgan fingerprint density at radius 3 is 1.51 bits per heavy atom. The van der Waals surface area contributed by atoms with Crippen molar-refractivity contribution in [3.8, 4) is 73.2 Å². The lowest BCUT2D eigenvalue weighted by molar-refractivity contribution is 0.668. The first kappa shape index (κ1) is 38.8. The molecule has 0 aliphatic rings. The summed E-state index contributed by atoms with van der Waals surface area (Å²) >= 11 is 0. The van der Waals surface area contributed by atoms with E-state index < -0.39 is 0 Å². The molecule has 14 aromatic rings. The maximum atomic E-state index is 6.41. The van der Waals surface area contributed by atoms with Crippen LogP contribution in [0.3, 0.4) is 0 Å². The van der Waals surface area contributed by atoms with Crippen LogP contribution in [-0.2, 0) is 0 Å². The number of para-hydroxylation sites is 3. The molecule has 0 radical (unpaired) electrons. The minimum Gasteiger partial charge on any atom is -0.456 e. The molecule has 0 aliphatic heterocycles. The maximum absolute atomic E-state index is 6.41. The van der Waals surface area contributed by atoms with Gasteiger partial charge in [-0.15, -0.1) is 0 Å². The highest BCUT2D eigenvalue weighted by atomic mass is 16.3. The zero-order valence-corrected chi connectivity index (χ0v) is 37.0. The second kappa shape index (κ2) is 15.6. The van der Waals surface area contributed by atoms with Crippen LogP contribution in [0.25, 0.3) is 139 Å². The molecule has 0 bridgehead atoms. The lowest BCUT2D eigenvalue weighted by Crippen LogP contribution is -2.04. The SMILES string of the molecule is c1ccc(-c2ccc3c(c2)c2ccccc2n3-c2c(-c3ccccc3)cc(-c3nc(-c4ccc5oc6ccccc6c5c4)nc(-c4cccc5oc6ccccc6c45)n3)cc2-c2ccccc2)cc1. The molecule has 0 unspecified atom stereocenters. The molecule has 0 amide bonds. The number of benzene rings is 10. The van der Waals surface area contributed by atoms with Gasteiger partial charge in [0.1, 0.15) is 22.3 Å². The Kier molecular flexibility index (Phi) is 8.79. The van der Waals surface area contributed by atoms with Crippen molar-refractivity contribution in [1.82, 2.24) is 19.5 Å². The quantitative estimate of drug-likeness (QED) is 0.159. The largest absolute Gasteiger partial charge is 0.456 e. The van der Waals surface area contributed by atoms with Gasteiger partial charge in [0, 0.05) is 60.1 Å². The molecule has 0 fully saturated rings. The van der Waals surface area contributed by atoms with Crippen LogP contribution >= 0.6 is 0 Å². The summed E-state index contributed by atoms with van der Waals surface area (Å²) in [6.45, 7) is 0. The third-order valence-corrected chi connectivity index (χ3v) is 13.5. The zero-order valence-electron chi connectivity index (χ0n) is 37.0. The normalized spacial score (nSPS) is 11.8. The Hall–Kier alpha value is -9.39. The summed E-state index contributed by atoms with van der Waals surface area (Å²) in [6.07, 6.45) is 0. The molecule has 14 rings (SSSR count). The Morgan fingerprint density at radius 2 is 0.783 bits per heavy atom.